The average molecular weight is 631 g/mol. The molecule has 1 fully saturated rings. The molecular weight excluding hydrogens is 579 g/mol. The third-order valence-corrected chi connectivity index (χ3v) is 9.07. The molecule has 6 nitrogen and oxygen atoms in total. The maximum atomic E-state index is 13.8. The number of piperidine rings is 1. The third kappa shape index (κ3) is 7.91. The highest BCUT2D eigenvalue weighted by Crippen LogP contribution is 2.46. The van der Waals surface area contributed by atoms with Gasteiger partial charge in [0.2, 0.25) is 0 Å². The number of esters is 1. The molecule has 2 aliphatic rings. The number of anilines is 1. The van der Waals surface area contributed by atoms with E-state index in [2.05, 4.69) is 43.9 Å². The van der Waals surface area contributed by atoms with E-state index in [4.69, 9.17) is 19.2 Å². The molecule has 3 aromatic rings. The van der Waals surface area contributed by atoms with Gasteiger partial charge in [0.1, 0.15) is 17.7 Å². The van der Waals surface area contributed by atoms with Gasteiger partial charge in [-0.25, -0.2) is 9.18 Å². The van der Waals surface area contributed by atoms with Gasteiger partial charge >= 0.3 is 5.97 Å². The first-order valence-electron chi connectivity index (χ1n) is 16.8. The van der Waals surface area contributed by atoms with Gasteiger partial charge in [-0.15, -0.1) is 0 Å². The summed E-state index contributed by atoms with van der Waals surface area (Å²) in [5.41, 5.74) is 7.45. The Bertz CT molecular complexity index is 1550. The normalized spacial score (nSPS) is 18.6. The van der Waals surface area contributed by atoms with Crippen LogP contribution in [0.1, 0.15) is 102 Å². The van der Waals surface area contributed by atoms with E-state index in [1.807, 2.05) is 53.7 Å². The van der Waals surface area contributed by atoms with Crippen LogP contribution in [-0.4, -0.2) is 41.9 Å². The molecule has 3 heterocycles. The van der Waals surface area contributed by atoms with Gasteiger partial charge in [0.05, 0.1) is 17.4 Å². The Hall–Kier alpha value is -3.45. The second kappa shape index (κ2) is 13.3. The topological polar surface area (TPSA) is 60.9 Å². The Labute approximate surface area is 274 Å². The summed E-state index contributed by atoms with van der Waals surface area (Å²) in [6.45, 7) is 20.1. The molecule has 1 unspecified atom stereocenters. The van der Waals surface area contributed by atoms with E-state index in [1.54, 1.807) is 0 Å². The number of hydrogen-bond donors (Lipinski definition) is 0. The predicted octanol–water partition coefficient (Wildman–Crippen LogP) is 8.88. The average Bonchev–Trinajstić information content (AvgIpc) is 2.96. The standard InChI is InChI=1S/C39H51FN2O4/c1-24(2)44-37(43)36(46-38(5,6)7)34-26(4)41-25(3)33(35(34)42-20-18-39(8,9)19-21-42)29-13-17-32-28(23-29)12-16-31(45-32)22-27-10-14-30(40)15-11-27/h10-11,13-15,17,23-24,31,36H,12,16,18-22H2,1-9H3/t31-,36?/m0/s1. The van der Waals surface area contributed by atoms with Crippen LogP contribution < -0.4 is 9.64 Å². The summed E-state index contributed by atoms with van der Waals surface area (Å²) < 4.78 is 32.2. The minimum atomic E-state index is -0.924. The fourth-order valence-electron chi connectivity index (χ4n) is 6.67. The lowest BCUT2D eigenvalue weighted by atomic mass is 9.81. The molecule has 2 aromatic carbocycles. The molecule has 7 heteroatoms. The molecule has 0 saturated carbocycles. The molecule has 0 amide bonds. The van der Waals surface area contributed by atoms with E-state index >= 15 is 0 Å². The summed E-state index contributed by atoms with van der Waals surface area (Å²) in [6.07, 6.45) is 3.42. The van der Waals surface area contributed by atoms with Crippen molar-refractivity contribution < 1.29 is 23.4 Å². The number of ether oxygens (including phenoxy) is 3. The molecule has 5 rings (SSSR count). The minimum absolute atomic E-state index is 0.0349. The Morgan fingerprint density at radius 3 is 2.37 bits per heavy atom. The zero-order valence-corrected chi connectivity index (χ0v) is 29.1. The highest BCUT2D eigenvalue weighted by molar-refractivity contribution is 5.89. The van der Waals surface area contributed by atoms with Crippen LogP contribution in [0.5, 0.6) is 5.75 Å². The molecule has 1 aromatic heterocycles. The number of halogens is 1. The van der Waals surface area contributed by atoms with Gasteiger partial charge in [-0.1, -0.05) is 32.0 Å². The smallest absolute Gasteiger partial charge is 0.340 e. The van der Waals surface area contributed by atoms with Crippen molar-refractivity contribution in [2.24, 2.45) is 5.41 Å². The number of benzene rings is 2. The number of fused-ring (bicyclic) bond motifs is 1. The number of nitrogens with zero attached hydrogens (tertiary/aromatic N) is 2. The number of carbonyl (C=O) groups is 1. The van der Waals surface area contributed by atoms with Crippen LogP contribution in [0.3, 0.4) is 0 Å². The molecule has 0 spiro atoms. The highest BCUT2D eigenvalue weighted by atomic mass is 19.1. The minimum Gasteiger partial charge on any atom is -0.490 e. The number of carbonyl (C=O) groups excluding carboxylic acids is 1. The zero-order chi connectivity index (χ0) is 33.4. The molecular formula is C39H51FN2O4. The summed E-state index contributed by atoms with van der Waals surface area (Å²) in [4.78, 5) is 21.3. The SMILES string of the molecule is Cc1nc(C)c(C(OC(C)(C)C)C(=O)OC(C)C)c(N2CCC(C)(C)CC2)c1-c1ccc2c(c1)CC[C@@H](Cc1ccc(F)cc1)O2. The summed E-state index contributed by atoms with van der Waals surface area (Å²) in [7, 11) is 0. The lowest BCUT2D eigenvalue weighted by Crippen LogP contribution is -2.39. The number of hydrogen-bond acceptors (Lipinski definition) is 6. The Balaban J connectivity index is 1.59. The van der Waals surface area contributed by atoms with Gasteiger partial charge in [0.15, 0.2) is 6.10 Å². The van der Waals surface area contributed by atoms with E-state index in [0.717, 1.165) is 95.8 Å². The largest absolute Gasteiger partial charge is 0.490 e. The first-order chi connectivity index (χ1) is 21.6. The first-order valence-corrected chi connectivity index (χ1v) is 16.8. The van der Waals surface area contributed by atoms with Crippen LogP contribution >= 0.6 is 0 Å². The molecule has 0 radical (unpaired) electrons. The predicted molar refractivity (Wildman–Crippen MR) is 182 cm³/mol. The van der Waals surface area contributed by atoms with Gasteiger partial charge in [-0.3, -0.25) is 4.98 Å². The zero-order valence-electron chi connectivity index (χ0n) is 29.1. The van der Waals surface area contributed by atoms with Crippen molar-refractivity contribution in [3.63, 3.8) is 0 Å². The Morgan fingerprint density at radius 1 is 1.07 bits per heavy atom. The molecule has 2 atom stereocenters. The summed E-state index contributed by atoms with van der Waals surface area (Å²) in [6, 6.07) is 13.1. The van der Waals surface area contributed by atoms with Gasteiger partial charge in [-0.2, -0.15) is 0 Å². The third-order valence-electron chi connectivity index (χ3n) is 9.07. The lowest BCUT2D eigenvalue weighted by molar-refractivity contribution is -0.171. The second-order valence-corrected chi connectivity index (χ2v) is 15.1. The van der Waals surface area contributed by atoms with Crippen LogP contribution in [-0.2, 0) is 27.1 Å². The monoisotopic (exact) mass is 630 g/mol. The molecule has 0 aliphatic carbocycles. The molecule has 46 heavy (non-hydrogen) atoms. The van der Waals surface area contributed by atoms with E-state index in [1.165, 1.54) is 12.1 Å². The summed E-state index contributed by atoms with van der Waals surface area (Å²) >= 11 is 0. The maximum absolute atomic E-state index is 13.8. The molecule has 2 aliphatic heterocycles. The van der Waals surface area contributed by atoms with Crippen LogP contribution in [0.4, 0.5) is 10.1 Å². The van der Waals surface area contributed by atoms with Gasteiger partial charge in [-0.05, 0) is 121 Å². The van der Waals surface area contributed by atoms with Crippen LogP contribution in [0, 0.1) is 25.1 Å². The summed E-state index contributed by atoms with van der Waals surface area (Å²) in [5.74, 6) is 0.265. The van der Waals surface area contributed by atoms with Crippen LogP contribution in [0.15, 0.2) is 42.5 Å². The number of rotatable bonds is 8. The number of aryl methyl sites for hydroxylation is 3. The van der Waals surface area contributed by atoms with Crippen molar-refractivity contribution >= 4 is 11.7 Å². The molecule has 0 bridgehead atoms. The lowest BCUT2D eigenvalue weighted by Gasteiger charge is -2.41. The van der Waals surface area contributed by atoms with E-state index < -0.39 is 17.7 Å². The second-order valence-electron chi connectivity index (χ2n) is 15.1. The molecule has 248 valence electrons. The van der Waals surface area contributed by atoms with E-state index in [9.17, 15) is 9.18 Å². The van der Waals surface area contributed by atoms with Crippen molar-refractivity contribution in [1.29, 1.82) is 0 Å². The van der Waals surface area contributed by atoms with Gasteiger partial charge in [0, 0.05) is 42.0 Å². The quantitative estimate of drug-likeness (QED) is 0.232. The maximum Gasteiger partial charge on any atom is 0.340 e. The summed E-state index contributed by atoms with van der Waals surface area (Å²) in [5, 5.41) is 0. The van der Waals surface area contributed by atoms with E-state index in [0.29, 0.717) is 0 Å². The Kier molecular flexibility index (Phi) is 9.84. The fourth-order valence-corrected chi connectivity index (χ4v) is 6.67. The van der Waals surface area contributed by atoms with Crippen molar-refractivity contribution in [3.05, 3.63) is 76.4 Å². The van der Waals surface area contributed by atoms with Crippen molar-refractivity contribution in [3.8, 4) is 16.9 Å². The van der Waals surface area contributed by atoms with E-state index in [-0.39, 0.29) is 23.4 Å². The van der Waals surface area contributed by atoms with Gasteiger partial charge < -0.3 is 19.1 Å². The van der Waals surface area contributed by atoms with Gasteiger partial charge in [0.25, 0.3) is 0 Å². The number of pyridine rings is 1. The van der Waals surface area contributed by atoms with Crippen molar-refractivity contribution in [2.45, 2.75) is 118 Å². The number of aromatic nitrogens is 1. The van der Waals surface area contributed by atoms with Crippen LogP contribution in [0.2, 0.25) is 0 Å². The highest BCUT2D eigenvalue weighted by Gasteiger charge is 2.38. The molecule has 0 N–H and O–H groups in total. The fraction of sp³-hybridized carbons (Fsp3) is 0.538. The van der Waals surface area contributed by atoms with Crippen molar-refractivity contribution in [2.75, 3.05) is 18.0 Å². The van der Waals surface area contributed by atoms with Crippen molar-refractivity contribution in [1.82, 2.24) is 4.98 Å². The van der Waals surface area contributed by atoms with Crippen LogP contribution in [0.25, 0.3) is 11.1 Å². The Morgan fingerprint density at radius 2 is 1.74 bits per heavy atom. The first kappa shape index (κ1) is 33.9. The molecule has 1 saturated heterocycles.